The molecular weight excluding hydrogens is 378 g/mol. The number of thiophene rings is 1. The van der Waals surface area contributed by atoms with Crippen LogP contribution in [0.5, 0.6) is 5.75 Å². The number of fused-ring (bicyclic) bond motifs is 1. The lowest BCUT2D eigenvalue weighted by atomic mass is 10.1. The van der Waals surface area contributed by atoms with Crippen LogP contribution >= 0.6 is 27.3 Å². The number of ether oxygens (including phenoxy) is 1. The van der Waals surface area contributed by atoms with Crippen molar-refractivity contribution in [1.29, 1.82) is 0 Å². The highest BCUT2D eigenvalue weighted by Crippen LogP contribution is 2.32. The predicted molar refractivity (Wildman–Crippen MR) is 96.2 cm³/mol. The van der Waals surface area contributed by atoms with Gasteiger partial charge in [-0.25, -0.2) is 9.97 Å². The Balaban J connectivity index is 1.88. The van der Waals surface area contributed by atoms with Gasteiger partial charge in [0.1, 0.15) is 24.5 Å². The van der Waals surface area contributed by atoms with Crippen LogP contribution in [0.3, 0.4) is 0 Å². The van der Waals surface area contributed by atoms with E-state index in [1.165, 1.54) is 0 Å². The SMILES string of the molecule is CC(Nc1ncnc2ccsc12)c1ccc(Br)cc1OCCO. The van der Waals surface area contributed by atoms with E-state index in [4.69, 9.17) is 9.84 Å². The van der Waals surface area contributed by atoms with E-state index in [2.05, 4.69) is 38.1 Å². The van der Waals surface area contributed by atoms with Gasteiger partial charge in [-0.2, -0.15) is 0 Å². The molecule has 1 aromatic carbocycles. The van der Waals surface area contributed by atoms with Crippen molar-refractivity contribution in [2.24, 2.45) is 0 Å². The fourth-order valence-electron chi connectivity index (χ4n) is 2.32. The summed E-state index contributed by atoms with van der Waals surface area (Å²) < 4.78 is 7.62. The molecule has 0 aliphatic carbocycles. The van der Waals surface area contributed by atoms with Crippen LogP contribution in [0.15, 0.2) is 40.4 Å². The third kappa shape index (κ3) is 3.63. The van der Waals surface area contributed by atoms with Crippen LogP contribution in [0.1, 0.15) is 18.5 Å². The molecule has 0 bridgehead atoms. The van der Waals surface area contributed by atoms with Crippen molar-refractivity contribution in [3.05, 3.63) is 46.0 Å². The number of benzene rings is 1. The van der Waals surface area contributed by atoms with Crippen molar-refractivity contribution < 1.29 is 9.84 Å². The van der Waals surface area contributed by atoms with E-state index < -0.39 is 0 Å². The van der Waals surface area contributed by atoms with E-state index in [9.17, 15) is 0 Å². The molecule has 2 heterocycles. The van der Waals surface area contributed by atoms with E-state index in [0.717, 1.165) is 31.8 Å². The minimum atomic E-state index is -0.0184. The highest BCUT2D eigenvalue weighted by Gasteiger charge is 2.15. The van der Waals surface area contributed by atoms with Gasteiger partial charge in [-0.15, -0.1) is 11.3 Å². The minimum Gasteiger partial charge on any atom is -0.491 e. The second-order valence-electron chi connectivity index (χ2n) is 4.98. The fourth-order valence-corrected chi connectivity index (χ4v) is 3.46. The maximum Gasteiger partial charge on any atom is 0.147 e. The molecule has 0 aliphatic rings. The molecule has 7 heteroatoms. The predicted octanol–water partition coefficient (Wildman–Crippen LogP) is 4.00. The summed E-state index contributed by atoms with van der Waals surface area (Å²) in [4.78, 5) is 8.60. The highest BCUT2D eigenvalue weighted by molar-refractivity contribution is 9.10. The number of halogens is 1. The number of aromatic nitrogens is 2. The summed E-state index contributed by atoms with van der Waals surface area (Å²) in [5.74, 6) is 1.55. The lowest BCUT2D eigenvalue weighted by molar-refractivity contribution is 0.200. The van der Waals surface area contributed by atoms with Crippen molar-refractivity contribution in [1.82, 2.24) is 9.97 Å². The summed E-state index contributed by atoms with van der Waals surface area (Å²) in [6, 6.07) is 7.86. The van der Waals surface area contributed by atoms with Gasteiger partial charge in [0.25, 0.3) is 0 Å². The first-order chi connectivity index (χ1) is 11.2. The summed E-state index contributed by atoms with van der Waals surface area (Å²) in [6.07, 6.45) is 1.56. The van der Waals surface area contributed by atoms with E-state index in [1.807, 2.05) is 29.6 Å². The standard InChI is InChI=1S/C16H16BrN3O2S/c1-10(12-3-2-11(17)8-14(12)22-6-5-21)20-16-15-13(4-7-23-15)18-9-19-16/h2-4,7-10,21H,5-6H2,1H3,(H,18,19,20). The molecule has 0 amide bonds. The first-order valence-electron chi connectivity index (χ1n) is 7.17. The molecule has 0 spiro atoms. The topological polar surface area (TPSA) is 67.3 Å². The monoisotopic (exact) mass is 393 g/mol. The number of hydrogen-bond donors (Lipinski definition) is 2. The molecule has 3 aromatic rings. The van der Waals surface area contributed by atoms with Crippen molar-refractivity contribution >= 4 is 43.3 Å². The van der Waals surface area contributed by atoms with Crippen molar-refractivity contribution in [3.63, 3.8) is 0 Å². The Morgan fingerprint density at radius 1 is 1.35 bits per heavy atom. The molecule has 0 radical (unpaired) electrons. The van der Waals surface area contributed by atoms with Gasteiger partial charge in [0, 0.05) is 10.0 Å². The molecular formula is C16H16BrN3O2S. The second kappa shape index (κ2) is 7.25. The van der Waals surface area contributed by atoms with E-state index >= 15 is 0 Å². The van der Waals surface area contributed by atoms with Crippen LogP contribution in [0.2, 0.25) is 0 Å². The smallest absolute Gasteiger partial charge is 0.147 e. The van der Waals surface area contributed by atoms with Crippen LogP contribution in [-0.2, 0) is 0 Å². The maximum atomic E-state index is 8.99. The molecule has 0 aliphatic heterocycles. The van der Waals surface area contributed by atoms with E-state index in [-0.39, 0.29) is 19.3 Å². The molecule has 0 saturated heterocycles. The molecule has 2 N–H and O–H groups in total. The van der Waals surface area contributed by atoms with Crippen LogP contribution in [0.25, 0.3) is 10.2 Å². The normalized spacial score (nSPS) is 12.3. The summed E-state index contributed by atoms with van der Waals surface area (Å²) >= 11 is 5.06. The number of aliphatic hydroxyl groups is 1. The van der Waals surface area contributed by atoms with Gasteiger partial charge in [0.15, 0.2) is 0 Å². The molecule has 3 rings (SSSR count). The van der Waals surface area contributed by atoms with Gasteiger partial charge in [-0.1, -0.05) is 22.0 Å². The van der Waals surface area contributed by atoms with Gasteiger partial charge in [0.2, 0.25) is 0 Å². The second-order valence-corrected chi connectivity index (χ2v) is 6.81. The Bertz CT molecular complexity index is 809. The molecule has 1 unspecified atom stereocenters. The number of nitrogens with one attached hydrogen (secondary N) is 1. The molecule has 120 valence electrons. The van der Waals surface area contributed by atoms with Crippen LogP contribution < -0.4 is 10.1 Å². The quantitative estimate of drug-likeness (QED) is 0.662. The number of aliphatic hydroxyl groups excluding tert-OH is 1. The Labute approximate surface area is 146 Å². The lowest BCUT2D eigenvalue weighted by Crippen LogP contribution is -2.11. The van der Waals surface area contributed by atoms with Crippen molar-refractivity contribution in [2.75, 3.05) is 18.5 Å². The Kier molecular flexibility index (Phi) is 5.09. The Morgan fingerprint density at radius 3 is 3.04 bits per heavy atom. The third-order valence-electron chi connectivity index (χ3n) is 3.39. The first-order valence-corrected chi connectivity index (χ1v) is 8.84. The number of nitrogens with zero attached hydrogens (tertiary/aromatic N) is 2. The minimum absolute atomic E-state index is 0.00278. The molecule has 5 nitrogen and oxygen atoms in total. The highest BCUT2D eigenvalue weighted by atomic mass is 79.9. The maximum absolute atomic E-state index is 8.99. The number of rotatable bonds is 6. The molecule has 23 heavy (non-hydrogen) atoms. The summed E-state index contributed by atoms with van der Waals surface area (Å²) in [5.41, 5.74) is 1.94. The zero-order chi connectivity index (χ0) is 16.2. The molecule has 1 atom stereocenters. The summed E-state index contributed by atoms with van der Waals surface area (Å²) in [5, 5.41) is 14.4. The van der Waals surface area contributed by atoms with Crippen molar-refractivity contribution in [3.8, 4) is 5.75 Å². The summed E-state index contributed by atoms with van der Waals surface area (Å²) in [7, 11) is 0. The zero-order valence-corrected chi connectivity index (χ0v) is 14.9. The molecule has 0 saturated carbocycles. The Morgan fingerprint density at radius 2 is 2.22 bits per heavy atom. The van der Waals surface area contributed by atoms with Gasteiger partial charge >= 0.3 is 0 Å². The Hall–Kier alpha value is -1.70. The summed E-state index contributed by atoms with van der Waals surface area (Å²) in [6.45, 7) is 2.30. The van der Waals surface area contributed by atoms with Crippen molar-refractivity contribution in [2.45, 2.75) is 13.0 Å². The molecule has 0 fully saturated rings. The number of anilines is 1. The average molecular weight is 394 g/mol. The molecule has 2 aromatic heterocycles. The number of hydrogen-bond acceptors (Lipinski definition) is 6. The van der Waals surface area contributed by atoms with Gasteiger partial charge in [-0.3, -0.25) is 0 Å². The average Bonchev–Trinajstić information content (AvgIpc) is 3.02. The van der Waals surface area contributed by atoms with Crippen LogP contribution in [0.4, 0.5) is 5.82 Å². The van der Waals surface area contributed by atoms with Gasteiger partial charge in [0.05, 0.1) is 22.9 Å². The first kappa shape index (κ1) is 16.2. The van der Waals surface area contributed by atoms with Crippen LogP contribution in [-0.4, -0.2) is 28.3 Å². The van der Waals surface area contributed by atoms with Gasteiger partial charge in [-0.05, 0) is 30.5 Å². The fraction of sp³-hybridized carbons (Fsp3) is 0.250. The van der Waals surface area contributed by atoms with Gasteiger partial charge < -0.3 is 15.2 Å². The van der Waals surface area contributed by atoms with E-state index in [0.29, 0.717) is 0 Å². The zero-order valence-electron chi connectivity index (χ0n) is 12.5. The van der Waals surface area contributed by atoms with Crippen LogP contribution in [0, 0.1) is 0 Å². The van der Waals surface area contributed by atoms with E-state index in [1.54, 1.807) is 17.7 Å². The third-order valence-corrected chi connectivity index (χ3v) is 4.79. The largest absolute Gasteiger partial charge is 0.491 e. The lowest BCUT2D eigenvalue weighted by Gasteiger charge is -2.19.